The van der Waals surface area contributed by atoms with Crippen molar-refractivity contribution in [1.82, 2.24) is 9.97 Å². The van der Waals surface area contributed by atoms with Crippen molar-refractivity contribution in [3.05, 3.63) is 95.7 Å². The van der Waals surface area contributed by atoms with E-state index in [2.05, 4.69) is 15.3 Å². The Labute approximate surface area is 216 Å². The maximum Gasteiger partial charge on any atom is 0.268 e. The van der Waals surface area contributed by atoms with Crippen LogP contribution in [0.3, 0.4) is 0 Å². The third-order valence-corrected chi connectivity index (χ3v) is 8.30. The molecule has 188 valence electrons. The van der Waals surface area contributed by atoms with Gasteiger partial charge in [0.25, 0.3) is 10.0 Å². The van der Waals surface area contributed by atoms with Gasteiger partial charge in [-0.25, -0.2) is 27.2 Å². The molecule has 7 nitrogen and oxygen atoms in total. The summed E-state index contributed by atoms with van der Waals surface area (Å²) < 4.78 is 55.5. The lowest BCUT2D eigenvalue weighted by Gasteiger charge is -2.31. The van der Waals surface area contributed by atoms with Crippen molar-refractivity contribution in [3.8, 4) is 11.3 Å². The van der Waals surface area contributed by atoms with Crippen molar-refractivity contribution < 1.29 is 22.0 Å². The first-order valence-corrected chi connectivity index (χ1v) is 13.6. The van der Waals surface area contributed by atoms with Crippen molar-refractivity contribution in [1.29, 1.82) is 0 Å². The Balaban J connectivity index is 1.40. The summed E-state index contributed by atoms with van der Waals surface area (Å²) in [5, 5.41) is 2.56. The Morgan fingerprint density at radius 2 is 1.86 bits per heavy atom. The molecule has 0 unspecified atom stereocenters. The molecule has 37 heavy (non-hydrogen) atoms. The predicted molar refractivity (Wildman–Crippen MR) is 138 cm³/mol. The van der Waals surface area contributed by atoms with E-state index < -0.39 is 27.6 Å². The first-order valence-electron chi connectivity index (χ1n) is 11.1. The number of fused-ring (bicyclic) bond motifs is 3. The number of para-hydroxylation sites is 1. The molecule has 3 aromatic carbocycles. The summed E-state index contributed by atoms with van der Waals surface area (Å²) in [6, 6.07) is 17.6. The highest BCUT2D eigenvalue weighted by Crippen LogP contribution is 2.42. The fourth-order valence-electron chi connectivity index (χ4n) is 4.00. The van der Waals surface area contributed by atoms with Crippen molar-refractivity contribution >= 4 is 39.1 Å². The molecular formula is C26H20F2N4O3S2. The lowest BCUT2D eigenvalue weighted by molar-refractivity contribution is -0.113. The van der Waals surface area contributed by atoms with Crippen LogP contribution in [-0.2, 0) is 21.4 Å². The van der Waals surface area contributed by atoms with E-state index in [1.54, 1.807) is 24.3 Å². The fraction of sp³-hybridized carbons (Fsp3) is 0.115. The molecule has 1 amide bonds. The monoisotopic (exact) mass is 538 g/mol. The standard InChI is InChI=1S/C26H20F2N4O3S2/c1-16-5-4-6-17(11-16)14-32-22-8-3-2-7-19(22)25-23(37(32,34)35)13-29-26(31-25)36-15-24(33)30-21-10-9-18(27)12-20(21)28/h2-13H,14-15H2,1H3,(H,30,33). The topological polar surface area (TPSA) is 92.3 Å². The first-order chi connectivity index (χ1) is 17.7. The first kappa shape index (κ1) is 24.8. The number of benzene rings is 3. The number of halogens is 2. The maximum absolute atomic E-state index is 13.8. The number of aromatic nitrogens is 2. The Bertz CT molecular complexity index is 1630. The van der Waals surface area contributed by atoms with E-state index in [1.807, 2.05) is 31.2 Å². The second-order valence-electron chi connectivity index (χ2n) is 8.34. The lowest BCUT2D eigenvalue weighted by atomic mass is 10.1. The van der Waals surface area contributed by atoms with Gasteiger partial charge in [0.15, 0.2) is 5.16 Å². The van der Waals surface area contributed by atoms with Gasteiger partial charge in [-0.15, -0.1) is 0 Å². The number of amides is 1. The average molecular weight is 539 g/mol. The molecule has 0 spiro atoms. The summed E-state index contributed by atoms with van der Waals surface area (Å²) in [6.07, 6.45) is 1.25. The van der Waals surface area contributed by atoms with E-state index in [0.29, 0.717) is 17.3 Å². The summed E-state index contributed by atoms with van der Waals surface area (Å²) >= 11 is 0.970. The molecule has 4 aromatic rings. The minimum absolute atomic E-state index is 0.0268. The number of anilines is 2. The van der Waals surface area contributed by atoms with Gasteiger partial charge in [0, 0.05) is 11.6 Å². The zero-order valence-electron chi connectivity index (χ0n) is 19.5. The van der Waals surface area contributed by atoms with Crippen LogP contribution >= 0.6 is 11.8 Å². The van der Waals surface area contributed by atoms with E-state index in [0.717, 1.165) is 35.0 Å². The van der Waals surface area contributed by atoms with Crippen LogP contribution in [0.15, 0.2) is 83.0 Å². The molecule has 5 rings (SSSR count). The number of carbonyl (C=O) groups excluding carboxylic acids is 1. The van der Waals surface area contributed by atoms with E-state index in [1.165, 1.54) is 10.5 Å². The number of thioether (sulfide) groups is 1. The van der Waals surface area contributed by atoms with E-state index in [9.17, 15) is 22.0 Å². The molecule has 2 heterocycles. The lowest BCUT2D eigenvalue weighted by Crippen LogP contribution is -2.34. The second kappa shape index (κ2) is 9.91. The Kier molecular flexibility index (Phi) is 6.65. The molecule has 11 heteroatoms. The van der Waals surface area contributed by atoms with E-state index in [-0.39, 0.29) is 33.7 Å². The highest BCUT2D eigenvalue weighted by molar-refractivity contribution is 7.99. The summed E-state index contributed by atoms with van der Waals surface area (Å²) in [5.74, 6) is -2.35. The number of nitrogens with one attached hydrogen (secondary N) is 1. The van der Waals surface area contributed by atoms with Crippen LogP contribution < -0.4 is 9.62 Å². The molecule has 0 saturated carbocycles. The second-order valence-corrected chi connectivity index (χ2v) is 11.1. The maximum atomic E-state index is 13.8. The highest BCUT2D eigenvalue weighted by Gasteiger charge is 2.36. The summed E-state index contributed by atoms with van der Waals surface area (Å²) in [5.41, 5.74) is 3.10. The number of hydrogen-bond acceptors (Lipinski definition) is 6. The average Bonchev–Trinajstić information content (AvgIpc) is 2.87. The van der Waals surface area contributed by atoms with Crippen molar-refractivity contribution in [2.75, 3.05) is 15.4 Å². The fourth-order valence-corrected chi connectivity index (χ4v) is 6.18. The molecule has 0 fully saturated rings. The Hall–Kier alpha value is -3.83. The van der Waals surface area contributed by atoms with Crippen molar-refractivity contribution in [2.24, 2.45) is 0 Å². The van der Waals surface area contributed by atoms with E-state index >= 15 is 0 Å². The largest absolute Gasteiger partial charge is 0.323 e. The molecular weight excluding hydrogens is 518 g/mol. The van der Waals surface area contributed by atoms with Gasteiger partial charge >= 0.3 is 0 Å². The molecule has 1 aliphatic rings. The Morgan fingerprint density at radius 1 is 1.05 bits per heavy atom. The minimum Gasteiger partial charge on any atom is -0.323 e. The predicted octanol–water partition coefficient (Wildman–Crippen LogP) is 5.17. The SMILES string of the molecule is Cc1cccc(CN2c3ccccc3-c3nc(SCC(=O)Nc4ccc(F)cc4F)ncc3S2(=O)=O)c1. The van der Waals surface area contributed by atoms with Crippen LogP contribution in [0.5, 0.6) is 0 Å². The number of hydrogen-bond donors (Lipinski definition) is 1. The van der Waals surface area contributed by atoms with Gasteiger partial charge in [0.2, 0.25) is 5.91 Å². The molecule has 0 saturated heterocycles. The van der Waals surface area contributed by atoms with Crippen LogP contribution in [-0.4, -0.2) is 30.0 Å². The highest BCUT2D eigenvalue weighted by atomic mass is 32.2. The zero-order valence-corrected chi connectivity index (χ0v) is 21.1. The normalized spacial score (nSPS) is 13.5. The van der Waals surface area contributed by atoms with Crippen LogP contribution in [0.25, 0.3) is 11.3 Å². The number of nitrogens with zero attached hydrogens (tertiary/aromatic N) is 3. The molecule has 0 radical (unpaired) electrons. The van der Waals surface area contributed by atoms with E-state index in [4.69, 9.17) is 0 Å². The number of carbonyl (C=O) groups is 1. The number of aryl methyl sites for hydroxylation is 1. The molecule has 0 atom stereocenters. The van der Waals surface area contributed by atoms with Crippen LogP contribution in [0.4, 0.5) is 20.2 Å². The van der Waals surface area contributed by atoms with Gasteiger partial charge in [0.1, 0.15) is 16.5 Å². The third kappa shape index (κ3) is 5.05. The quantitative estimate of drug-likeness (QED) is 0.269. The van der Waals surface area contributed by atoms with Gasteiger partial charge in [-0.3, -0.25) is 9.10 Å². The van der Waals surface area contributed by atoms with Crippen LogP contribution in [0, 0.1) is 18.6 Å². The van der Waals surface area contributed by atoms with Gasteiger partial charge in [-0.1, -0.05) is 59.8 Å². The molecule has 1 aromatic heterocycles. The van der Waals surface area contributed by atoms with Crippen LogP contribution in [0.2, 0.25) is 0 Å². The van der Waals surface area contributed by atoms with Crippen molar-refractivity contribution in [2.45, 2.75) is 23.5 Å². The molecule has 1 aliphatic heterocycles. The van der Waals surface area contributed by atoms with Crippen LogP contribution in [0.1, 0.15) is 11.1 Å². The van der Waals surface area contributed by atoms with Gasteiger partial charge in [0.05, 0.1) is 35.6 Å². The van der Waals surface area contributed by atoms with Crippen molar-refractivity contribution in [3.63, 3.8) is 0 Å². The molecule has 0 aliphatic carbocycles. The number of rotatable bonds is 6. The third-order valence-electron chi connectivity index (χ3n) is 5.68. The molecule has 1 N–H and O–H groups in total. The summed E-state index contributed by atoms with van der Waals surface area (Å²) in [6.45, 7) is 2.10. The van der Waals surface area contributed by atoms with Gasteiger partial charge < -0.3 is 5.32 Å². The Morgan fingerprint density at radius 3 is 2.65 bits per heavy atom. The summed E-state index contributed by atoms with van der Waals surface area (Å²) in [4.78, 5) is 20.9. The van der Waals surface area contributed by atoms with Gasteiger partial charge in [-0.2, -0.15) is 0 Å². The molecule has 0 bridgehead atoms. The number of sulfonamides is 1. The minimum atomic E-state index is -3.96. The summed E-state index contributed by atoms with van der Waals surface area (Å²) in [7, 11) is -3.96. The van der Waals surface area contributed by atoms with Gasteiger partial charge in [-0.05, 0) is 30.7 Å². The smallest absolute Gasteiger partial charge is 0.268 e. The zero-order chi connectivity index (χ0) is 26.2.